The largest absolute Gasteiger partial charge is 0.497 e. The van der Waals surface area contributed by atoms with Gasteiger partial charge in [0.2, 0.25) is 0 Å². The number of aliphatic hydroxyl groups is 1. The molecule has 0 aliphatic carbocycles. The Kier molecular flexibility index (Phi) is 11.7. The van der Waals surface area contributed by atoms with E-state index in [0.29, 0.717) is 0 Å². The maximum absolute atomic E-state index is 10.2. The SMILES string of the molecule is C=C/C(=C\C=C(/C)CCCNC(O)/C(=C/C=C\C)C(=C)C)OC. The van der Waals surface area contributed by atoms with Gasteiger partial charge in [-0.2, -0.15) is 0 Å². The first-order valence-electron chi connectivity index (χ1n) is 7.90. The Morgan fingerprint density at radius 3 is 2.48 bits per heavy atom. The van der Waals surface area contributed by atoms with Gasteiger partial charge in [0, 0.05) is 0 Å². The molecule has 1 unspecified atom stereocenters. The summed E-state index contributed by atoms with van der Waals surface area (Å²) in [4.78, 5) is 0. The lowest BCUT2D eigenvalue weighted by Crippen LogP contribution is -2.31. The minimum atomic E-state index is -0.686. The lowest BCUT2D eigenvalue weighted by molar-refractivity contribution is 0.174. The van der Waals surface area contributed by atoms with Gasteiger partial charge in [-0.3, -0.25) is 5.32 Å². The second-order valence-electron chi connectivity index (χ2n) is 5.38. The van der Waals surface area contributed by atoms with E-state index in [9.17, 15) is 5.11 Å². The van der Waals surface area contributed by atoms with Crippen molar-refractivity contribution < 1.29 is 9.84 Å². The molecule has 23 heavy (non-hydrogen) atoms. The molecular weight excluding hydrogens is 286 g/mol. The van der Waals surface area contributed by atoms with Crippen LogP contribution in [0.3, 0.4) is 0 Å². The Labute approximate surface area is 141 Å². The van der Waals surface area contributed by atoms with E-state index in [1.165, 1.54) is 5.57 Å². The average Bonchev–Trinajstić information content (AvgIpc) is 2.52. The minimum Gasteiger partial charge on any atom is -0.497 e. The van der Waals surface area contributed by atoms with Gasteiger partial charge in [0.15, 0.2) is 0 Å². The van der Waals surface area contributed by atoms with Crippen molar-refractivity contribution in [1.82, 2.24) is 5.32 Å². The molecule has 0 saturated carbocycles. The van der Waals surface area contributed by atoms with Gasteiger partial charge in [-0.1, -0.05) is 48.6 Å². The minimum absolute atomic E-state index is 0.686. The highest BCUT2D eigenvalue weighted by Gasteiger charge is 2.09. The first-order valence-corrected chi connectivity index (χ1v) is 7.90. The van der Waals surface area contributed by atoms with Gasteiger partial charge in [0.25, 0.3) is 0 Å². The molecule has 1 atom stereocenters. The molecule has 128 valence electrons. The fourth-order valence-electron chi connectivity index (χ4n) is 1.91. The fraction of sp³-hybridized carbons (Fsp3) is 0.400. The van der Waals surface area contributed by atoms with Crippen molar-refractivity contribution in [1.29, 1.82) is 0 Å². The Hall–Kier alpha value is -1.84. The molecule has 0 saturated heterocycles. The molecule has 0 radical (unpaired) electrons. The van der Waals surface area contributed by atoms with Crippen molar-refractivity contribution in [2.24, 2.45) is 0 Å². The summed E-state index contributed by atoms with van der Waals surface area (Å²) >= 11 is 0. The van der Waals surface area contributed by atoms with E-state index in [2.05, 4.69) is 25.4 Å². The maximum atomic E-state index is 10.2. The molecule has 0 aromatic carbocycles. The highest BCUT2D eigenvalue weighted by atomic mass is 16.5. The highest BCUT2D eigenvalue weighted by molar-refractivity contribution is 5.32. The lowest BCUT2D eigenvalue weighted by Gasteiger charge is -2.16. The number of ether oxygens (including phenoxy) is 1. The van der Waals surface area contributed by atoms with Crippen molar-refractivity contribution >= 4 is 0 Å². The van der Waals surface area contributed by atoms with Crippen molar-refractivity contribution in [3.63, 3.8) is 0 Å². The Bertz CT molecular complexity index is 496. The zero-order valence-corrected chi connectivity index (χ0v) is 14.9. The monoisotopic (exact) mass is 317 g/mol. The summed E-state index contributed by atoms with van der Waals surface area (Å²) in [6, 6.07) is 0. The molecule has 3 heteroatoms. The molecule has 0 aliphatic rings. The molecule has 0 heterocycles. The van der Waals surface area contributed by atoms with Gasteiger partial charge in [0.1, 0.15) is 12.0 Å². The molecule has 0 aromatic heterocycles. The van der Waals surface area contributed by atoms with E-state index < -0.39 is 6.23 Å². The number of rotatable bonds is 11. The molecule has 3 nitrogen and oxygen atoms in total. The number of hydrogen-bond acceptors (Lipinski definition) is 3. The topological polar surface area (TPSA) is 41.5 Å². The average molecular weight is 317 g/mol. The molecule has 2 N–H and O–H groups in total. The van der Waals surface area contributed by atoms with Gasteiger partial charge in [0.05, 0.1) is 7.11 Å². The van der Waals surface area contributed by atoms with Crippen LogP contribution in [0, 0.1) is 0 Å². The maximum Gasteiger partial charge on any atom is 0.131 e. The van der Waals surface area contributed by atoms with E-state index in [1.807, 2.05) is 44.2 Å². The van der Waals surface area contributed by atoms with Gasteiger partial charge in [-0.25, -0.2) is 0 Å². The number of hydrogen-bond donors (Lipinski definition) is 2. The van der Waals surface area contributed by atoms with Crippen LogP contribution in [-0.4, -0.2) is 25.0 Å². The van der Waals surface area contributed by atoms with E-state index >= 15 is 0 Å². The quantitative estimate of drug-likeness (QED) is 0.257. The highest BCUT2D eigenvalue weighted by Crippen LogP contribution is 2.11. The van der Waals surface area contributed by atoms with Crippen LogP contribution in [0.4, 0.5) is 0 Å². The van der Waals surface area contributed by atoms with Gasteiger partial charge < -0.3 is 9.84 Å². The zero-order valence-electron chi connectivity index (χ0n) is 14.9. The van der Waals surface area contributed by atoms with E-state index in [-0.39, 0.29) is 0 Å². The van der Waals surface area contributed by atoms with Crippen LogP contribution >= 0.6 is 0 Å². The van der Waals surface area contributed by atoms with E-state index in [4.69, 9.17) is 4.74 Å². The van der Waals surface area contributed by atoms with Crippen LogP contribution in [0.15, 0.2) is 72.1 Å². The molecule has 0 aromatic rings. The summed E-state index contributed by atoms with van der Waals surface area (Å²) in [6.45, 7) is 14.2. The second-order valence-corrected chi connectivity index (χ2v) is 5.38. The molecule has 0 amide bonds. The first-order chi connectivity index (χ1) is 11.0. The normalized spacial score (nSPS) is 14.9. The standard InChI is InChI=1S/C20H31NO2/c1-7-9-12-19(16(3)4)20(22)21-15-10-11-17(5)13-14-18(8-2)23-6/h7-9,12-14,20-22H,2-3,10-11,15H2,1,4-6H3/b9-7-,17-13+,18-14+,19-12+. The van der Waals surface area contributed by atoms with Crippen LogP contribution < -0.4 is 5.32 Å². The van der Waals surface area contributed by atoms with Crippen LogP contribution in [-0.2, 0) is 4.74 Å². The van der Waals surface area contributed by atoms with Crippen LogP contribution in [0.1, 0.15) is 33.6 Å². The van der Waals surface area contributed by atoms with Crippen LogP contribution in [0.2, 0.25) is 0 Å². The summed E-state index contributed by atoms with van der Waals surface area (Å²) in [5.41, 5.74) is 2.93. The first kappa shape index (κ1) is 21.2. The third-order valence-corrected chi connectivity index (χ3v) is 3.31. The van der Waals surface area contributed by atoms with E-state index in [1.54, 1.807) is 13.2 Å². The summed E-state index contributed by atoms with van der Waals surface area (Å²) in [6.07, 6.45) is 12.5. The van der Waals surface area contributed by atoms with Crippen molar-refractivity contribution in [2.45, 2.75) is 39.8 Å². The Balaban J connectivity index is 4.34. The molecule has 0 rings (SSSR count). The Morgan fingerprint density at radius 2 is 1.96 bits per heavy atom. The summed E-state index contributed by atoms with van der Waals surface area (Å²) in [5, 5.41) is 13.3. The van der Waals surface area contributed by atoms with Crippen LogP contribution in [0.5, 0.6) is 0 Å². The third-order valence-electron chi connectivity index (χ3n) is 3.31. The summed E-state index contributed by atoms with van der Waals surface area (Å²) in [5.74, 6) is 0.748. The molecule has 0 fully saturated rings. The second kappa shape index (κ2) is 12.7. The fourth-order valence-corrected chi connectivity index (χ4v) is 1.91. The molecule has 0 bridgehead atoms. The van der Waals surface area contributed by atoms with Crippen LogP contribution in [0.25, 0.3) is 0 Å². The summed E-state index contributed by atoms with van der Waals surface area (Å²) < 4.78 is 5.12. The van der Waals surface area contributed by atoms with Gasteiger partial charge >= 0.3 is 0 Å². The number of aliphatic hydroxyl groups excluding tert-OH is 1. The van der Waals surface area contributed by atoms with E-state index in [0.717, 1.165) is 36.3 Å². The molecule has 0 spiro atoms. The molecular formula is C20H31NO2. The number of nitrogens with one attached hydrogen (secondary N) is 1. The van der Waals surface area contributed by atoms with Gasteiger partial charge in [-0.15, -0.1) is 0 Å². The predicted molar refractivity (Wildman–Crippen MR) is 100 cm³/mol. The molecule has 0 aliphatic heterocycles. The lowest BCUT2D eigenvalue weighted by atomic mass is 10.1. The van der Waals surface area contributed by atoms with Crippen molar-refractivity contribution in [3.8, 4) is 0 Å². The number of allylic oxidation sites excluding steroid dienone is 7. The zero-order chi connectivity index (χ0) is 17.7. The van der Waals surface area contributed by atoms with Crippen molar-refractivity contribution in [3.05, 3.63) is 72.1 Å². The third kappa shape index (κ3) is 9.72. The van der Waals surface area contributed by atoms with Gasteiger partial charge in [-0.05, 0) is 57.9 Å². The number of methoxy groups -OCH3 is 1. The predicted octanol–water partition coefficient (Wildman–Crippen LogP) is 4.42. The smallest absolute Gasteiger partial charge is 0.131 e. The summed E-state index contributed by atoms with van der Waals surface area (Å²) in [7, 11) is 1.63. The Morgan fingerprint density at radius 1 is 1.26 bits per heavy atom. The van der Waals surface area contributed by atoms with Crippen molar-refractivity contribution in [2.75, 3.05) is 13.7 Å².